The number of amides is 9. The number of nitrogens with two attached hydrogens (primary N) is 3. The zero-order valence-corrected chi connectivity index (χ0v) is 44.0. The molecule has 3 aromatic rings. The van der Waals surface area contributed by atoms with Crippen LogP contribution in [0.15, 0.2) is 84.9 Å². The summed E-state index contributed by atoms with van der Waals surface area (Å²) in [5, 5.41) is 45.0. The third-order valence-electron chi connectivity index (χ3n) is 11.9. The lowest BCUT2D eigenvalue weighted by atomic mass is 9.99. The quantitative estimate of drug-likeness (QED) is 0.0285. The Kier molecular flexibility index (Phi) is 26.8. The van der Waals surface area contributed by atoms with Gasteiger partial charge in [0.15, 0.2) is 0 Å². The molecule has 0 bridgehead atoms. The molecule has 8 unspecified atom stereocenters. The van der Waals surface area contributed by atoms with Crippen molar-refractivity contribution in [3.63, 3.8) is 0 Å². The van der Waals surface area contributed by atoms with E-state index in [-0.39, 0.29) is 38.2 Å². The summed E-state index contributed by atoms with van der Waals surface area (Å²) in [5.74, 6) is -11.4. The van der Waals surface area contributed by atoms with E-state index in [0.717, 1.165) is 0 Å². The van der Waals surface area contributed by atoms with Gasteiger partial charge in [0, 0.05) is 32.1 Å². The minimum absolute atomic E-state index is 0.0300. The van der Waals surface area contributed by atoms with Crippen molar-refractivity contribution in [1.29, 1.82) is 0 Å². The van der Waals surface area contributed by atoms with Gasteiger partial charge in [-0.05, 0) is 54.0 Å². The van der Waals surface area contributed by atoms with Gasteiger partial charge >= 0.3 is 17.9 Å². The Balaban J connectivity index is 1.96. The topological polar surface area (TPSA) is 437 Å². The van der Waals surface area contributed by atoms with Gasteiger partial charge in [-0.2, -0.15) is 0 Å². The molecule has 0 spiro atoms. The highest BCUT2D eigenvalue weighted by Gasteiger charge is 2.36. The van der Waals surface area contributed by atoms with Crippen LogP contribution in [0.25, 0.3) is 0 Å². The number of terminal acetylenes is 1. The maximum absolute atomic E-state index is 14.6. The average Bonchev–Trinajstić information content (AvgIpc) is 3.39. The summed E-state index contributed by atoms with van der Waals surface area (Å²) in [7, 11) is 0. The third kappa shape index (κ3) is 23.9. The van der Waals surface area contributed by atoms with Crippen LogP contribution in [0.1, 0.15) is 75.5 Å². The normalized spacial score (nSPS) is 13.8. The van der Waals surface area contributed by atoms with Crippen LogP contribution in [0.4, 0.5) is 0 Å². The number of benzene rings is 3. The molecule has 0 aliphatic heterocycles. The first-order chi connectivity index (χ1) is 37.8. The van der Waals surface area contributed by atoms with E-state index in [2.05, 4.69) is 43.1 Å². The molecule has 9 amide bonds. The molecule has 3 rings (SSSR count). The van der Waals surface area contributed by atoms with Crippen LogP contribution in [-0.2, 0) is 76.8 Å². The van der Waals surface area contributed by atoms with Crippen LogP contribution in [-0.4, -0.2) is 141 Å². The first kappa shape index (κ1) is 64.9. The van der Waals surface area contributed by atoms with Gasteiger partial charge in [-0.25, -0.2) is 0 Å². The van der Waals surface area contributed by atoms with Crippen molar-refractivity contribution in [2.75, 3.05) is 6.61 Å². The van der Waals surface area contributed by atoms with E-state index >= 15 is 0 Å². The molecular weight excluding hydrogens is 1040 g/mol. The van der Waals surface area contributed by atoms with Crippen LogP contribution < -0.4 is 59.2 Å². The van der Waals surface area contributed by atoms with Gasteiger partial charge in [-0.15, -0.1) is 6.42 Å². The zero-order valence-electron chi connectivity index (χ0n) is 44.0. The highest BCUT2D eigenvalue weighted by Crippen LogP contribution is 2.15. The van der Waals surface area contributed by atoms with E-state index in [1.807, 2.05) is 0 Å². The van der Waals surface area contributed by atoms with E-state index in [0.29, 0.717) is 22.4 Å². The minimum atomic E-state index is -1.99. The monoisotopic (exact) mass is 1110 g/mol. The molecule has 3 aromatic carbocycles. The zero-order chi connectivity index (χ0) is 59.5. The molecule has 430 valence electrons. The van der Waals surface area contributed by atoms with Gasteiger partial charge in [-0.3, -0.25) is 57.5 Å². The largest absolute Gasteiger partial charge is 0.481 e. The Hall–Kier alpha value is -9.38. The van der Waals surface area contributed by atoms with Crippen LogP contribution in [0, 0.1) is 18.3 Å². The predicted molar refractivity (Wildman–Crippen MR) is 285 cm³/mol. The predicted octanol–water partition coefficient (Wildman–Crippen LogP) is -1.94. The van der Waals surface area contributed by atoms with Gasteiger partial charge in [0.05, 0.1) is 18.9 Å². The fraction of sp³-hybridized carbons (Fsp3) is 0.407. The Morgan fingerprint density at radius 3 is 1.34 bits per heavy atom. The molecule has 0 aliphatic carbocycles. The van der Waals surface area contributed by atoms with Gasteiger partial charge in [0.25, 0.3) is 0 Å². The fourth-order valence-corrected chi connectivity index (χ4v) is 7.78. The number of carboxylic acid groups (broad SMARTS) is 3. The lowest BCUT2D eigenvalue weighted by Crippen LogP contribution is -2.61. The Morgan fingerprint density at radius 2 is 0.875 bits per heavy atom. The van der Waals surface area contributed by atoms with Crippen LogP contribution >= 0.6 is 0 Å². The molecule has 0 saturated carbocycles. The van der Waals surface area contributed by atoms with Crippen molar-refractivity contribution in [2.24, 2.45) is 23.1 Å². The molecule has 0 saturated heterocycles. The molecule has 0 fully saturated rings. The second-order valence-corrected chi connectivity index (χ2v) is 18.9. The third-order valence-corrected chi connectivity index (χ3v) is 11.9. The summed E-state index contributed by atoms with van der Waals surface area (Å²) in [6.07, 6.45) is 0.410. The van der Waals surface area contributed by atoms with Crippen LogP contribution in [0.2, 0.25) is 0 Å². The number of carbonyl (C=O) groups excluding carboxylic acids is 9. The molecule has 80 heavy (non-hydrogen) atoms. The first-order valence-corrected chi connectivity index (χ1v) is 25.2. The number of hydrogen-bond donors (Lipinski definition) is 13. The average molecular weight is 1110 g/mol. The number of primary amides is 2. The first-order valence-electron chi connectivity index (χ1n) is 25.2. The maximum atomic E-state index is 14.6. The number of hydrogen-bond acceptors (Lipinski definition) is 14. The van der Waals surface area contributed by atoms with E-state index in [9.17, 15) is 67.7 Å². The standard InChI is InChI=1S/C54H68N10O16/c1-4-23-80-34-17-15-33(16-18-34)25-37(47(57)72)59-50(75)38(24-30(2)3)61-51(76)40(27-32-13-9-6-10-14-32)63-52(77)39(26-31-11-7-5-8-12-31)62-49(74)36(20-22-45(68)69)58-53(78)41(28-43(56)65)64-54(79)42(29-46(70)71)60-48(73)35(55)19-21-44(66)67/h1,5-18,30,35-42H,19-29,55H2,2-3H3,(H2,56,65)(H2,57,72)(H,58,78)(H,59,75)(H,60,73)(H,61,76)(H,62,74)(H,63,77)(H,64,79)(H,66,67)(H,68,69)(H,70,71). The van der Waals surface area contributed by atoms with E-state index in [1.54, 1.807) is 98.8 Å². The summed E-state index contributed by atoms with van der Waals surface area (Å²) in [6.45, 7) is 3.60. The smallest absolute Gasteiger partial charge is 0.305 e. The highest BCUT2D eigenvalue weighted by atomic mass is 16.5. The number of carboxylic acids is 3. The second kappa shape index (κ2) is 33.0. The lowest BCUT2D eigenvalue weighted by molar-refractivity contribution is -0.142. The van der Waals surface area contributed by atoms with Crippen molar-refractivity contribution < 1.29 is 77.6 Å². The Bertz CT molecular complexity index is 2700. The summed E-state index contributed by atoms with van der Waals surface area (Å²) >= 11 is 0. The molecule has 26 nitrogen and oxygen atoms in total. The number of nitrogens with one attached hydrogen (secondary N) is 7. The van der Waals surface area contributed by atoms with E-state index in [1.165, 1.54) is 0 Å². The number of carbonyl (C=O) groups is 12. The van der Waals surface area contributed by atoms with Crippen molar-refractivity contribution in [1.82, 2.24) is 37.2 Å². The summed E-state index contributed by atoms with van der Waals surface area (Å²) in [4.78, 5) is 157. The van der Waals surface area contributed by atoms with Gasteiger partial charge in [0.1, 0.15) is 54.6 Å². The fourth-order valence-electron chi connectivity index (χ4n) is 7.78. The molecular formula is C54H68N10O16. The number of rotatable bonds is 35. The van der Waals surface area contributed by atoms with Gasteiger partial charge in [-0.1, -0.05) is 92.6 Å². The van der Waals surface area contributed by atoms with Gasteiger partial charge in [0.2, 0.25) is 53.2 Å². The maximum Gasteiger partial charge on any atom is 0.305 e. The Morgan fingerprint density at radius 1 is 0.487 bits per heavy atom. The van der Waals surface area contributed by atoms with Crippen LogP contribution in [0.3, 0.4) is 0 Å². The molecule has 26 heteroatoms. The van der Waals surface area contributed by atoms with Crippen molar-refractivity contribution in [3.8, 4) is 18.1 Å². The van der Waals surface area contributed by atoms with E-state index < -0.39 is 158 Å². The van der Waals surface area contributed by atoms with Crippen molar-refractivity contribution in [3.05, 3.63) is 102 Å². The molecule has 8 atom stereocenters. The second-order valence-electron chi connectivity index (χ2n) is 18.9. The highest BCUT2D eigenvalue weighted by molar-refractivity contribution is 5.99. The summed E-state index contributed by atoms with van der Waals surface area (Å²) in [6, 6.07) is 10.3. The van der Waals surface area contributed by atoms with Crippen molar-refractivity contribution in [2.45, 2.75) is 126 Å². The number of aliphatic carboxylic acids is 3. The summed E-state index contributed by atoms with van der Waals surface area (Å²) in [5.41, 5.74) is 18.4. The number of ether oxygens (including phenoxy) is 1. The van der Waals surface area contributed by atoms with Crippen LogP contribution in [0.5, 0.6) is 5.75 Å². The molecule has 0 radical (unpaired) electrons. The Labute approximate surface area is 460 Å². The molecule has 0 heterocycles. The lowest BCUT2D eigenvalue weighted by Gasteiger charge is -2.28. The molecule has 0 aliphatic rings. The molecule has 0 aromatic heterocycles. The van der Waals surface area contributed by atoms with E-state index in [4.69, 9.17) is 33.5 Å². The van der Waals surface area contributed by atoms with Crippen molar-refractivity contribution >= 4 is 71.1 Å². The minimum Gasteiger partial charge on any atom is -0.481 e. The SMILES string of the molecule is C#CCOc1ccc(CC(NC(=O)C(CC(C)C)NC(=O)C(Cc2ccccc2)NC(=O)C(Cc2ccccc2)NC(=O)C(CCC(=O)O)NC(=O)C(CC(N)=O)NC(=O)C(CC(=O)O)NC(=O)C(N)CCC(=O)O)C(N)=O)cc1. The van der Waals surface area contributed by atoms with Gasteiger partial charge < -0.3 is 74.5 Å². The molecule has 16 N–H and O–H groups in total. The summed E-state index contributed by atoms with van der Waals surface area (Å²) < 4.78 is 5.40.